The lowest BCUT2D eigenvalue weighted by Gasteiger charge is -2.18. The smallest absolute Gasteiger partial charge is 0.306 e. The average Bonchev–Trinajstić information content (AvgIpc) is 3.49. The maximum Gasteiger partial charge on any atom is 0.306 e. The molecule has 0 heterocycles. The van der Waals surface area contributed by atoms with E-state index in [9.17, 15) is 14.4 Å². The molecule has 1 unspecified atom stereocenters. The van der Waals surface area contributed by atoms with Crippen molar-refractivity contribution in [1.82, 2.24) is 0 Å². The predicted molar refractivity (Wildman–Crippen MR) is 362 cm³/mol. The van der Waals surface area contributed by atoms with Gasteiger partial charge >= 0.3 is 17.9 Å². The summed E-state index contributed by atoms with van der Waals surface area (Å²) < 4.78 is 16.9. The molecule has 0 aliphatic carbocycles. The fourth-order valence-electron chi connectivity index (χ4n) is 8.97. The van der Waals surface area contributed by atoms with Crippen LogP contribution in [0.2, 0.25) is 0 Å². The van der Waals surface area contributed by atoms with E-state index in [0.717, 1.165) is 180 Å². The highest BCUT2D eigenvalue weighted by atomic mass is 16.6. The van der Waals surface area contributed by atoms with Gasteiger partial charge in [0.1, 0.15) is 13.2 Å². The van der Waals surface area contributed by atoms with Gasteiger partial charge in [-0.25, -0.2) is 0 Å². The van der Waals surface area contributed by atoms with Crippen molar-refractivity contribution in [2.24, 2.45) is 0 Å². The van der Waals surface area contributed by atoms with E-state index in [1.54, 1.807) is 0 Å². The van der Waals surface area contributed by atoms with Crippen molar-refractivity contribution in [3.05, 3.63) is 158 Å². The largest absolute Gasteiger partial charge is 0.462 e. The van der Waals surface area contributed by atoms with E-state index in [4.69, 9.17) is 14.2 Å². The third kappa shape index (κ3) is 67.7. The molecule has 83 heavy (non-hydrogen) atoms. The van der Waals surface area contributed by atoms with Gasteiger partial charge in [0.05, 0.1) is 0 Å². The van der Waals surface area contributed by atoms with Crippen LogP contribution in [0.3, 0.4) is 0 Å². The number of hydrogen-bond acceptors (Lipinski definition) is 6. The molecule has 0 saturated heterocycles. The van der Waals surface area contributed by atoms with Crippen LogP contribution in [0, 0.1) is 0 Å². The number of carbonyl (C=O) groups excluding carboxylic acids is 3. The summed E-state index contributed by atoms with van der Waals surface area (Å²) in [4.78, 5) is 38.4. The van der Waals surface area contributed by atoms with Crippen LogP contribution in [0.15, 0.2) is 158 Å². The SMILES string of the molecule is CC/C=C\C/C=C\C/C=C\C/C=C\C/C=C\C/C=C\C/C=C\CCCCCCCC(=O)OCC(COC(=O)CCCCCCC/C=C\C/C=C\C/C=C\CC)OC(=O)CCCCCCCCCC/C=C\C/C=C\C/C=C\CCCCCCC. The van der Waals surface area contributed by atoms with Crippen LogP contribution in [-0.2, 0) is 28.6 Å². The fraction of sp³-hybridized carbons (Fsp3) is 0.623. The highest BCUT2D eigenvalue weighted by Crippen LogP contribution is 2.15. The molecule has 0 fully saturated rings. The first-order chi connectivity index (χ1) is 41.0. The molecule has 468 valence electrons. The van der Waals surface area contributed by atoms with Crippen molar-refractivity contribution in [3.8, 4) is 0 Å². The Bertz CT molecular complexity index is 1840. The normalized spacial score (nSPS) is 13.1. The summed E-state index contributed by atoms with van der Waals surface area (Å²) in [5.41, 5.74) is 0. The van der Waals surface area contributed by atoms with E-state index >= 15 is 0 Å². The molecule has 0 aliphatic heterocycles. The highest BCUT2D eigenvalue weighted by molar-refractivity contribution is 5.71. The first kappa shape index (κ1) is 78.0. The molecule has 6 nitrogen and oxygen atoms in total. The second-order valence-corrected chi connectivity index (χ2v) is 22.0. The van der Waals surface area contributed by atoms with Gasteiger partial charge in [0.15, 0.2) is 6.10 Å². The van der Waals surface area contributed by atoms with Gasteiger partial charge in [0.2, 0.25) is 0 Å². The van der Waals surface area contributed by atoms with Crippen LogP contribution in [0.25, 0.3) is 0 Å². The van der Waals surface area contributed by atoms with E-state index in [1.807, 2.05) is 0 Å². The molecule has 6 heteroatoms. The fourth-order valence-corrected chi connectivity index (χ4v) is 8.97. The summed E-state index contributed by atoms with van der Waals surface area (Å²) >= 11 is 0. The lowest BCUT2D eigenvalue weighted by Crippen LogP contribution is -2.30. The van der Waals surface area contributed by atoms with Crippen LogP contribution < -0.4 is 0 Å². The Hall–Kier alpha value is -4.97. The molecular weight excluding hydrogens is 1020 g/mol. The molecule has 0 saturated carbocycles. The summed E-state index contributed by atoms with van der Waals surface area (Å²) in [5.74, 6) is -0.944. The number of unbranched alkanes of at least 4 members (excludes halogenated alkanes) is 23. The van der Waals surface area contributed by atoms with Crippen molar-refractivity contribution in [1.29, 1.82) is 0 Å². The molecule has 0 aromatic heterocycles. The number of ether oxygens (including phenoxy) is 3. The predicted octanol–water partition coefficient (Wildman–Crippen LogP) is 23.7. The zero-order valence-electron chi connectivity index (χ0n) is 53.7. The molecule has 0 rings (SSSR count). The number of allylic oxidation sites excluding steroid dienone is 26. The Morgan fingerprint density at radius 2 is 0.470 bits per heavy atom. The van der Waals surface area contributed by atoms with E-state index in [2.05, 4.69) is 179 Å². The second-order valence-electron chi connectivity index (χ2n) is 22.0. The third-order valence-electron chi connectivity index (χ3n) is 14.0. The van der Waals surface area contributed by atoms with E-state index in [1.165, 1.54) is 70.6 Å². The van der Waals surface area contributed by atoms with Crippen molar-refractivity contribution >= 4 is 17.9 Å². The minimum atomic E-state index is -0.808. The van der Waals surface area contributed by atoms with Crippen molar-refractivity contribution < 1.29 is 28.6 Å². The summed E-state index contributed by atoms with van der Waals surface area (Å²) in [6, 6.07) is 0. The molecule has 0 N–H and O–H groups in total. The second kappa shape index (κ2) is 69.5. The van der Waals surface area contributed by atoms with Gasteiger partial charge in [0, 0.05) is 19.3 Å². The van der Waals surface area contributed by atoms with Gasteiger partial charge in [-0.1, -0.05) is 281 Å². The van der Waals surface area contributed by atoms with Gasteiger partial charge in [0.25, 0.3) is 0 Å². The first-order valence-electron chi connectivity index (χ1n) is 34.0. The van der Waals surface area contributed by atoms with E-state index in [0.29, 0.717) is 19.3 Å². The van der Waals surface area contributed by atoms with Gasteiger partial charge in [-0.05, 0) is 148 Å². The van der Waals surface area contributed by atoms with E-state index in [-0.39, 0.29) is 31.1 Å². The van der Waals surface area contributed by atoms with Crippen molar-refractivity contribution in [2.45, 2.75) is 297 Å². The lowest BCUT2D eigenvalue weighted by atomic mass is 10.1. The Morgan fingerprint density at radius 3 is 0.735 bits per heavy atom. The summed E-state index contributed by atoms with van der Waals surface area (Å²) in [7, 11) is 0. The van der Waals surface area contributed by atoms with Gasteiger partial charge in [-0.2, -0.15) is 0 Å². The van der Waals surface area contributed by atoms with Crippen molar-refractivity contribution in [2.75, 3.05) is 13.2 Å². The quantitative estimate of drug-likeness (QED) is 0.0261. The summed E-state index contributed by atoms with van der Waals surface area (Å²) in [5, 5.41) is 0. The maximum absolute atomic E-state index is 13.0. The number of rotatable bonds is 60. The van der Waals surface area contributed by atoms with Gasteiger partial charge in [-0.15, -0.1) is 0 Å². The molecule has 1 atom stereocenters. The minimum absolute atomic E-state index is 0.102. The number of hydrogen-bond donors (Lipinski definition) is 0. The first-order valence-corrected chi connectivity index (χ1v) is 34.0. The monoisotopic (exact) mass is 1140 g/mol. The molecule has 0 aromatic carbocycles. The minimum Gasteiger partial charge on any atom is -0.462 e. The van der Waals surface area contributed by atoms with Gasteiger partial charge < -0.3 is 14.2 Å². The molecule has 0 aliphatic rings. The van der Waals surface area contributed by atoms with Crippen molar-refractivity contribution in [3.63, 3.8) is 0 Å². The van der Waals surface area contributed by atoms with E-state index < -0.39 is 6.10 Å². The Labute approximate surface area is 511 Å². The van der Waals surface area contributed by atoms with Gasteiger partial charge in [-0.3, -0.25) is 14.4 Å². The molecule has 0 amide bonds. The number of esters is 3. The standard InChI is InChI=1S/C77H124O6/c1-4-7-10-13-16-19-22-25-28-30-32-34-36-37-38-39-41-42-44-46-49-52-55-58-61-64-67-70-76(79)82-73-74(72-81-75(78)69-66-63-60-57-54-51-48-27-24-21-18-15-12-9-6-3)83-77(80)71-68-65-62-59-56-53-50-47-45-43-40-35-33-31-29-26-23-20-17-14-11-8-5-2/h7,9-10,12,16,18-19,21,23,25-28,31-34,37-38,40-43,46,48-49,74H,4-6,8,11,13-15,17,20,22,24,29-30,35-36,39,44-45,47,50-73H2,1-3H3/b10-7-,12-9-,19-16-,21-18-,26-23-,28-25-,33-31-,34-32-,38-37-,42-41-,43-40-,48-27-,49-46-. The summed E-state index contributed by atoms with van der Waals surface area (Å²) in [6.07, 6.45) is 101. The molecule has 0 radical (unpaired) electrons. The molecule has 0 spiro atoms. The summed E-state index contributed by atoms with van der Waals surface area (Å²) in [6.45, 7) is 6.37. The average molecular weight is 1150 g/mol. The third-order valence-corrected chi connectivity index (χ3v) is 14.0. The van der Waals surface area contributed by atoms with Crippen LogP contribution in [-0.4, -0.2) is 37.2 Å². The van der Waals surface area contributed by atoms with Crippen LogP contribution >= 0.6 is 0 Å². The van der Waals surface area contributed by atoms with Crippen LogP contribution in [0.1, 0.15) is 290 Å². The number of carbonyl (C=O) groups is 3. The topological polar surface area (TPSA) is 78.9 Å². The Morgan fingerprint density at radius 1 is 0.253 bits per heavy atom. The maximum atomic E-state index is 13.0. The molecular formula is C77H124O6. The van der Waals surface area contributed by atoms with Crippen LogP contribution in [0.4, 0.5) is 0 Å². The Kier molecular flexibility index (Phi) is 65.4. The zero-order chi connectivity index (χ0) is 59.9. The molecule has 0 aromatic rings. The lowest BCUT2D eigenvalue weighted by molar-refractivity contribution is -0.167. The zero-order valence-corrected chi connectivity index (χ0v) is 53.7. The highest BCUT2D eigenvalue weighted by Gasteiger charge is 2.19. The molecule has 0 bridgehead atoms. The van der Waals surface area contributed by atoms with Crippen LogP contribution in [0.5, 0.6) is 0 Å². The Balaban J connectivity index is 4.45.